The number of primary amides is 1. The van der Waals surface area contributed by atoms with Gasteiger partial charge in [0.25, 0.3) is 5.91 Å². The highest BCUT2D eigenvalue weighted by Crippen LogP contribution is 2.37. The van der Waals surface area contributed by atoms with Gasteiger partial charge in [-0.3, -0.25) is 9.36 Å². The molecule has 226 valence electrons. The van der Waals surface area contributed by atoms with Crippen molar-refractivity contribution in [3.05, 3.63) is 77.6 Å². The van der Waals surface area contributed by atoms with Crippen molar-refractivity contribution in [2.75, 3.05) is 51.9 Å². The predicted octanol–water partition coefficient (Wildman–Crippen LogP) is 4.51. The number of nitrogens with one attached hydrogen (secondary N) is 1. The number of aromatic nitrogens is 2. The van der Waals surface area contributed by atoms with Crippen LogP contribution in [0.1, 0.15) is 40.4 Å². The summed E-state index contributed by atoms with van der Waals surface area (Å²) in [6.45, 7) is 5.27. The summed E-state index contributed by atoms with van der Waals surface area (Å²) >= 11 is 0. The van der Waals surface area contributed by atoms with Crippen molar-refractivity contribution in [1.29, 1.82) is 0 Å². The van der Waals surface area contributed by atoms with Crippen LogP contribution in [0.25, 0.3) is 10.9 Å². The number of aliphatic hydroxyl groups is 1. The summed E-state index contributed by atoms with van der Waals surface area (Å²) in [4.78, 5) is 31.6. The Hall–Kier alpha value is -4.45. The van der Waals surface area contributed by atoms with Crippen LogP contribution in [0.3, 0.4) is 0 Å². The number of ether oxygens (including phenoxy) is 3. The molecule has 0 bridgehead atoms. The normalized spacial score (nSPS) is 14.1. The molecule has 2 aromatic heterocycles. The van der Waals surface area contributed by atoms with Gasteiger partial charge >= 0.3 is 6.03 Å². The molecule has 4 N–H and O–H groups in total. The van der Waals surface area contributed by atoms with Crippen LogP contribution in [-0.4, -0.2) is 78.1 Å². The Bertz CT molecular complexity index is 1580. The van der Waals surface area contributed by atoms with Crippen LogP contribution in [0.5, 0.6) is 17.2 Å². The van der Waals surface area contributed by atoms with E-state index in [-0.39, 0.29) is 19.1 Å². The molecule has 0 spiro atoms. The Kier molecular flexibility index (Phi) is 9.55. The highest BCUT2D eigenvalue weighted by molar-refractivity contribution is 6.03. The number of methoxy groups -OCH3 is 1. The van der Waals surface area contributed by atoms with Gasteiger partial charge in [0, 0.05) is 48.6 Å². The molecule has 0 aliphatic carbocycles. The summed E-state index contributed by atoms with van der Waals surface area (Å²) in [6, 6.07) is 15.8. The molecule has 11 nitrogen and oxygen atoms in total. The van der Waals surface area contributed by atoms with Gasteiger partial charge < -0.3 is 35.3 Å². The average Bonchev–Trinajstić information content (AvgIpc) is 3.32. The summed E-state index contributed by atoms with van der Waals surface area (Å²) in [7, 11) is 1.58. The van der Waals surface area contributed by atoms with E-state index in [1.165, 1.54) is 10.1 Å². The zero-order valence-corrected chi connectivity index (χ0v) is 24.4. The van der Waals surface area contributed by atoms with Crippen LogP contribution >= 0.6 is 0 Å². The number of carbonyl (C=O) groups is 2. The lowest BCUT2D eigenvalue weighted by Crippen LogP contribution is -2.34. The maximum atomic E-state index is 13.0. The van der Waals surface area contributed by atoms with E-state index in [2.05, 4.69) is 15.2 Å². The first-order chi connectivity index (χ1) is 20.9. The van der Waals surface area contributed by atoms with Gasteiger partial charge in [-0.05, 0) is 74.7 Å². The second kappa shape index (κ2) is 13.7. The van der Waals surface area contributed by atoms with Crippen molar-refractivity contribution in [1.82, 2.24) is 14.5 Å². The fraction of sp³-hybridized carbons (Fsp3) is 0.344. The largest absolute Gasteiger partial charge is 0.487 e. The zero-order chi connectivity index (χ0) is 30.3. The molecule has 0 radical (unpaired) electrons. The van der Waals surface area contributed by atoms with Gasteiger partial charge in [0.2, 0.25) is 0 Å². The third kappa shape index (κ3) is 7.14. The maximum Gasteiger partial charge on any atom is 0.323 e. The van der Waals surface area contributed by atoms with Crippen LogP contribution in [0, 0.1) is 6.92 Å². The SMILES string of the molecule is COCCOc1cc2c(cc1Oc1ccnc(NC(=O)c3ccc(C4CCN(CCO)CC4)cc3)c1)cc(C)n2C(N)=O. The van der Waals surface area contributed by atoms with Gasteiger partial charge in [0.15, 0.2) is 11.5 Å². The number of hydrogen-bond acceptors (Lipinski definition) is 8. The number of fused-ring (bicyclic) bond motifs is 1. The number of hydrogen-bond donors (Lipinski definition) is 3. The van der Waals surface area contributed by atoms with Crippen molar-refractivity contribution >= 4 is 28.7 Å². The number of amides is 2. The third-order valence-corrected chi connectivity index (χ3v) is 7.67. The first-order valence-corrected chi connectivity index (χ1v) is 14.3. The number of benzene rings is 2. The number of β-amino-alcohol motifs (C(OH)–C–C–N with tert-alkyl or cyclic N) is 1. The molecule has 5 rings (SSSR count). The molecule has 0 atom stereocenters. The molecule has 0 saturated carbocycles. The van der Waals surface area contributed by atoms with E-state index in [9.17, 15) is 9.59 Å². The number of rotatable bonds is 11. The van der Waals surface area contributed by atoms with Crippen molar-refractivity contribution in [2.24, 2.45) is 5.73 Å². The summed E-state index contributed by atoms with van der Waals surface area (Å²) in [5.41, 5.74) is 8.63. The number of likely N-dealkylation sites (tertiary alicyclic amines) is 1. The minimum Gasteiger partial charge on any atom is -0.487 e. The van der Waals surface area contributed by atoms with E-state index in [0.29, 0.717) is 52.4 Å². The van der Waals surface area contributed by atoms with Crippen LogP contribution < -0.4 is 20.5 Å². The lowest BCUT2D eigenvalue weighted by atomic mass is 9.89. The predicted molar refractivity (Wildman–Crippen MR) is 163 cm³/mol. The Balaban J connectivity index is 1.29. The molecule has 4 aromatic rings. The van der Waals surface area contributed by atoms with E-state index >= 15 is 0 Å². The third-order valence-electron chi connectivity index (χ3n) is 7.67. The molecule has 43 heavy (non-hydrogen) atoms. The molecule has 11 heteroatoms. The molecular weight excluding hydrogens is 550 g/mol. The number of nitrogens with zero attached hydrogens (tertiary/aromatic N) is 3. The Labute approximate surface area is 250 Å². The quantitative estimate of drug-likeness (QED) is 0.218. The Morgan fingerprint density at radius 1 is 1.05 bits per heavy atom. The second-order valence-corrected chi connectivity index (χ2v) is 10.6. The Morgan fingerprint density at radius 2 is 1.81 bits per heavy atom. The second-order valence-electron chi connectivity index (χ2n) is 10.6. The standard InChI is InChI=1S/C32H37N5O6/c1-21-17-25-18-29(28(42-16-15-41-2)20-27(25)37(21)32(33)40)43-26-7-10-34-30(19-26)35-31(39)24-5-3-22(4-6-24)23-8-11-36(12-9-23)13-14-38/h3-7,10,17-20,23,38H,8-9,11-16H2,1-2H3,(H2,33,40)(H,34,35,39). The van der Waals surface area contributed by atoms with Gasteiger partial charge in [0.05, 0.1) is 18.7 Å². The van der Waals surface area contributed by atoms with Crippen LogP contribution in [0.4, 0.5) is 10.6 Å². The van der Waals surface area contributed by atoms with Gasteiger partial charge in [-0.15, -0.1) is 0 Å². The molecule has 1 aliphatic rings. The number of anilines is 1. The number of nitrogens with two attached hydrogens (primary N) is 1. The summed E-state index contributed by atoms with van der Waals surface area (Å²) in [5, 5.41) is 12.8. The van der Waals surface area contributed by atoms with Crippen molar-refractivity contribution < 1.29 is 28.9 Å². The van der Waals surface area contributed by atoms with Crippen LogP contribution in [-0.2, 0) is 4.74 Å². The minimum absolute atomic E-state index is 0.186. The van der Waals surface area contributed by atoms with Crippen molar-refractivity contribution in [2.45, 2.75) is 25.7 Å². The number of pyridine rings is 1. The van der Waals surface area contributed by atoms with E-state index < -0.39 is 6.03 Å². The molecule has 1 aliphatic heterocycles. The van der Waals surface area contributed by atoms with E-state index in [0.717, 1.165) is 37.9 Å². The zero-order valence-electron chi connectivity index (χ0n) is 24.4. The molecule has 2 aromatic carbocycles. The molecule has 1 saturated heterocycles. The van der Waals surface area contributed by atoms with E-state index in [1.807, 2.05) is 30.3 Å². The fourth-order valence-corrected chi connectivity index (χ4v) is 5.47. The van der Waals surface area contributed by atoms with Gasteiger partial charge in [-0.1, -0.05) is 12.1 Å². The molecule has 2 amide bonds. The molecular formula is C32H37N5O6. The average molecular weight is 588 g/mol. The van der Waals surface area contributed by atoms with Crippen LogP contribution in [0.15, 0.2) is 60.8 Å². The van der Waals surface area contributed by atoms with E-state index in [4.69, 9.17) is 25.1 Å². The van der Waals surface area contributed by atoms with Gasteiger partial charge in [-0.25, -0.2) is 9.78 Å². The van der Waals surface area contributed by atoms with Gasteiger partial charge in [-0.2, -0.15) is 0 Å². The number of aryl methyl sites for hydroxylation is 1. The maximum absolute atomic E-state index is 13.0. The van der Waals surface area contributed by atoms with Gasteiger partial charge in [0.1, 0.15) is 18.2 Å². The lowest BCUT2D eigenvalue weighted by molar-refractivity contribution is 0.102. The molecule has 0 unspecified atom stereocenters. The highest BCUT2D eigenvalue weighted by atomic mass is 16.5. The lowest BCUT2D eigenvalue weighted by Gasteiger charge is -2.31. The fourth-order valence-electron chi connectivity index (χ4n) is 5.47. The van der Waals surface area contributed by atoms with Crippen molar-refractivity contribution in [3.63, 3.8) is 0 Å². The monoisotopic (exact) mass is 587 g/mol. The van der Waals surface area contributed by atoms with Crippen LogP contribution in [0.2, 0.25) is 0 Å². The first-order valence-electron chi connectivity index (χ1n) is 14.3. The summed E-state index contributed by atoms with van der Waals surface area (Å²) in [6.07, 6.45) is 3.62. The summed E-state index contributed by atoms with van der Waals surface area (Å²) in [5.74, 6) is 1.78. The summed E-state index contributed by atoms with van der Waals surface area (Å²) < 4.78 is 18.6. The van der Waals surface area contributed by atoms with E-state index in [1.54, 1.807) is 44.5 Å². The minimum atomic E-state index is -0.590. The number of piperidine rings is 1. The Morgan fingerprint density at radius 3 is 2.51 bits per heavy atom. The highest BCUT2D eigenvalue weighted by Gasteiger charge is 2.21. The molecule has 3 heterocycles. The topological polar surface area (TPSA) is 141 Å². The number of carbonyl (C=O) groups excluding carboxylic acids is 2. The smallest absolute Gasteiger partial charge is 0.323 e. The number of aliphatic hydroxyl groups excluding tert-OH is 1. The first kappa shape index (κ1) is 30.0. The molecule has 1 fully saturated rings. The van der Waals surface area contributed by atoms with Crippen molar-refractivity contribution in [3.8, 4) is 17.2 Å².